The fourth-order valence-electron chi connectivity index (χ4n) is 1.88. The topological polar surface area (TPSA) is 89.2 Å². The van der Waals surface area contributed by atoms with Crippen LogP contribution in [0.25, 0.3) is 0 Å². The van der Waals surface area contributed by atoms with Crippen molar-refractivity contribution in [3.8, 4) is 0 Å². The second-order valence-electron chi connectivity index (χ2n) is 4.60. The fourth-order valence-corrected chi connectivity index (χ4v) is 1.88. The van der Waals surface area contributed by atoms with E-state index in [1.807, 2.05) is 21.0 Å². The minimum atomic E-state index is 0.233. The van der Waals surface area contributed by atoms with E-state index in [1.165, 1.54) is 0 Å². The van der Waals surface area contributed by atoms with Gasteiger partial charge in [0.15, 0.2) is 0 Å². The number of anilines is 3. The van der Waals surface area contributed by atoms with Gasteiger partial charge in [0.1, 0.15) is 0 Å². The van der Waals surface area contributed by atoms with Gasteiger partial charge in [0.05, 0.1) is 6.10 Å². The van der Waals surface area contributed by atoms with Crippen LogP contribution in [0.2, 0.25) is 0 Å². The van der Waals surface area contributed by atoms with E-state index in [4.69, 9.17) is 10.5 Å². The van der Waals surface area contributed by atoms with E-state index in [2.05, 4.69) is 20.3 Å². The maximum atomic E-state index is 5.65. The molecule has 0 atom stereocenters. The number of nitrogens with one attached hydrogen (secondary N) is 1. The van der Waals surface area contributed by atoms with E-state index in [1.54, 1.807) is 4.90 Å². The third-order valence-electron chi connectivity index (χ3n) is 2.87. The molecule has 0 unspecified atom stereocenters. The van der Waals surface area contributed by atoms with E-state index in [0.717, 1.165) is 19.4 Å². The van der Waals surface area contributed by atoms with Crippen molar-refractivity contribution in [2.75, 3.05) is 36.7 Å². The van der Waals surface area contributed by atoms with Crippen LogP contribution in [0.1, 0.15) is 19.8 Å². The molecule has 7 heteroatoms. The first-order chi connectivity index (χ1) is 8.58. The van der Waals surface area contributed by atoms with Crippen LogP contribution >= 0.6 is 0 Å². The summed E-state index contributed by atoms with van der Waals surface area (Å²) in [6.07, 6.45) is 2.33. The second-order valence-corrected chi connectivity index (χ2v) is 4.60. The lowest BCUT2D eigenvalue weighted by molar-refractivity contribution is 0.00285. The Labute approximate surface area is 107 Å². The summed E-state index contributed by atoms with van der Waals surface area (Å²) >= 11 is 0. The molecule has 0 aromatic carbocycles. The van der Waals surface area contributed by atoms with Crippen LogP contribution in [0.15, 0.2) is 0 Å². The minimum absolute atomic E-state index is 0.233. The first-order valence-electron chi connectivity index (χ1n) is 6.15. The Morgan fingerprint density at radius 3 is 2.67 bits per heavy atom. The predicted molar refractivity (Wildman–Crippen MR) is 70.6 cm³/mol. The molecule has 1 aromatic heterocycles. The molecule has 0 amide bonds. The molecule has 3 N–H and O–H groups in total. The summed E-state index contributed by atoms with van der Waals surface area (Å²) in [6, 6.07) is 0.360. The molecule has 1 heterocycles. The number of hydrogen-bond acceptors (Lipinski definition) is 7. The molecule has 1 saturated carbocycles. The SMILES string of the molecule is CCOC1CC(Nc2nc(N)nc(N(C)C)n2)C1. The van der Waals surface area contributed by atoms with Crippen molar-refractivity contribution >= 4 is 17.8 Å². The monoisotopic (exact) mass is 252 g/mol. The van der Waals surface area contributed by atoms with Gasteiger partial charge in [-0.3, -0.25) is 0 Å². The smallest absolute Gasteiger partial charge is 0.231 e. The van der Waals surface area contributed by atoms with Crippen molar-refractivity contribution in [2.45, 2.75) is 31.9 Å². The molecular weight excluding hydrogens is 232 g/mol. The predicted octanol–water partition coefficient (Wildman–Crippen LogP) is 0.499. The van der Waals surface area contributed by atoms with Crippen molar-refractivity contribution < 1.29 is 4.74 Å². The Morgan fingerprint density at radius 2 is 2.06 bits per heavy atom. The van der Waals surface area contributed by atoms with E-state index in [-0.39, 0.29) is 5.95 Å². The molecular formula is C11H20N6O. The van der Waals surface area contributed by atoms with Gasteiger partial charge in [-0.05, 0) is 19.8 Å². The molecule has 2 rings (SSSR count). The Bertz CT molecular complexity index is 405. The molecule has 0 saturated heterocycles. The Morgan fingerprint density at radius 1 is 1.33 bits per heavy atom. The van der Waals surface area contributed by atoms with E-state index >= 15 is 0 Å². The van der Waals surface area contributed by atoms with Gasteiger partial charge in [-0.2, -0.15) is 15.0 Å². The summed E-state index contributed by atoms with van der Waals surface area (Å²) < 4.78 is 5.51. The molecule has 1 aromatic rings. The minimum Gasteiger partial charge on any atom is -0.378 e. The normalized spacial score (nSPS) is 22.4. The highest BCUT2D eigenvalue weighted by Crippen LogP contribution is 2.26. The quantitative estimate of drug-likeness (QED) is 0.788. The number of nitrogens with zero attached hydrogens (tertiary/aromatic N) is 4. The molecule has 1 aliphatic rings. The van der Waals surface area contributed by atoms with E-state index in [0.29, 0.717) is 24.0 Å². The summed E-state index contributed by atoms with van der Waals surface area (Å²) in [5.74, 6) is 1.33. The molecule has 0 spiro atoms. The maximum Gasteiger partial charge on any atom is 0.231 e. The molecule has 0 radical (unpaired) electrons. The molecule has 7 nitrogen and oxygen atoms in total. The number of rotatable bonds is 5. The van der Waals surface area contributed by atoms with Gasteiger partial charge in [-0.15, -0.1) is 0 Å². The Hall–Kier alpha value is -1.63. The highest BCUT2D eigenvalue weighted by molar-refractivity contribution is 5.41. The fraction of sp³-hybridized carbons (Fsp3) is 0.727. The highest BCUT2D eigenvalue weighted by atomic mass is 16.5. The maximum absolute atomic E-state index is 5.65. The largest absolute Gasteiger partial charge is 0.378 e. The Kier molecular flexibility index (Phi) is 3.81. The second kappa shape index (κ2) is 5.34. The molecule has 18 heavy (non-hydrogen) atoms. The molecule has 100 valence electrons. The first-order valence-corrected chi connectivity index (χ1v) is 6.15. The van der Waals surface area contributed by atoms with Crippen LogP contribution in [-0.4, -0.2) is 47.8 Å². The third kappa shape index (κ3) is 2.98. The highest BCUT2D eigenvalue weighted by Gasteiger charge is 2.30. The van der Waals surface area contributed by atoms with Gasteiger partial charge in [0.25, 0.3) is 0 Å². The molecule has 0 bridgehead atoms. The van der Waals surface area contributed by atoms with Crippen molar-refractivity contribution in [3.05, 3.63) is 0 Å². The van der Waals surface area contributed by atoms with Gasteiger partial charge in [-0.25, -0.2) is 0 Å². The van der Waals surface area contributed by atoms with E-state index < -0.39 is 0 Å². The first kappa shape index (κ1) is 12.8. The molecule has 1 aliphatic carbocycles. The van der Waals surface area contributed by atoms with Crippen LogP contribution in [-0.2, 0) is 4.74 Å². The van der Waals surface area contributed by atoms with Gasteiger partial charge >= 0.3 is 0 Å². The average Bonchev–Trinajstić information content (AvgIpc) is 2.25. The lowest BCUT2D eigenvalue weighted by Crippen LogP contribution is -2.41. The molecule has 0 aliphatic heterocycles. The van der Waals surface area contributed by atoms with Crippen LogP contribution in [0.3, 0.4) is 0 Å². The van der Waals surface area contributed by atoms with E-state index in [9.17, 15) is 0 Å². The third-order valence-corrected chi connectivity index (χ3v) is 2.87. The lowest BCUT2D eigenvalue weighted by Gasteiger charge is -2.35. The van der Waals surface area contributed by atoms with Gasteiger partial charge in [0, 0.05) is 26.7 Å². The lowest BCUT2D eigenvalue weighted by atomic mass is 9.89. The van der Waals surface area contributed by atoms with Crippen molar-refractivity contribution in [3.63, 3.8) is 0 Å². The number of hydrogen-bond donors (Lipinski definition) is 2. The number of aromatic nitrogens is 3. The van der Waals surface area contributed by atoms with Crippen molar-refractivity contribution in [1.82, 2.24) is 15.0 Å². The summed E-state index contributed by atoms with van der Waals surface area (Å²) in [7, 11) is 3.74. The van der Waals surface area contributed by atoms with Crippen LogP contribution in [0.4, 0.5) is 17.8 Å². The number of ether oxygens (including phenoxy) is 1. The van der Waals surface area contributed by atoms with Gasteiger partial charge < -0.3 is 20.7 Å². The number of nitrogens with two attached hydrogens (primary N) is 1. The van der Waals surface area contributed by atoms with Crippen molar-refractivity contribution in [1.29, 1.82) is 0 Å². The molecule has 1 fully saturated rings. The average molecular weight is 252 g/mol. The summed E-state index contributed by atoms with van der Waals surface area (Å²) in [6.45, 7) is 2.78. The van der Waals surface area contributed by atoms with Gasteiger partial charge in [0.2, 0.25) is 17.8 Å². The summed E-state index contributed by atoms with van der Waals surface area (Å²) in [5.41, 5.74) is 5.65. The zero-order chi connectivity index (χ0) is 13.1. The summed E-state index contributed by atoms with van der Waals surface area (Å²) in [4.78, 5) is 14.2. The van der Waals surface area contributed by atoms with Crippen LogP contribution in [0, 0.1) is 0 Å². The van der Waals surface area contributed by atoms with Crippen LogP contribution < -0.4 is 16.0 Å². The standard InChI is InChI=1S/C11H20N6O/c1-4-18-8-5-7(6-8)13-10-14-9(12)15-11(16-10)17(2)3/h7-8H,4-6H2,1-3H3,(H3,12,13,14,15,16). The van der Waals surface area contributed by atoms with Gasteiger partial charge in [-0.1, -0.05) is 0 Å². The zero-order valence-corrected chi connectivity index (χ0v) is 11.1. The zero-order valence-electron chi connectivity index (χ0n) is 11.1. The number of nitrogen functional groups attached to an aromatic ring is 1. The van der Waals surface area contributed by atoms with Crippen LogP contribution in [0.5, 0.6) is 0 Å². The summed E-state index contributed by atoms with van der Waals surface area (Å²) in [5, 5.41) is 3.25. The van der Waals surface area contributed by atoms with Crippen molar-refractivity contribution in [2.24, 2.45) is 0 Å². The Balaban J connectivity index is 1.94.